The highest BCUT2D eigenvalue weighted by atomic mass is 35.5. The van der Waals surface area contributed by atoms with Crippen LogP contribution in [-0.2, 0) is 16.0 Å². The maximum Gasteiger partial charge on any atom is 0.321 e. The van der Waals surface area contributed by atoms with Crippen LogP contribution in [0.2, 0.25) is 5.02 Å². The number of hydrogen-bond acceptors (Lipinski definition) is 3. The highest BCUT2D eigenvalue weighted by Gasteiger charge is 2.21. The number of benzene rings is 2. The minimum Gasteiger partial charge on any atom is -0.480 e. The van der Waals surface area contributed by atoms with E-state index in [1.54, 1.807) is 25.1 Å². The van der Waals surface area contributed by atoms with E-state index < -0.39 is 12.0 Å². The first kappa shape index (κ1) is 19.0. The maximum absolute atomic E-state index is 12.2. The minimum absolute atomic E-state index is 0.157. The monoisotopic (exact) mass is 360 g/mol. The summed E-state index contributed by atoms with van der Waals surface area (Å²) >= 11 is 6.02. The van der Waals surface area contributed by atoms with E-state index in [1.807, 2.05) is 30.3 Å². The molecule has 6 heteroatoms. The van der Waals surface area contributed by atoms with Crippen LogP contribution in [0.1, 0.15) is 17.5 Å². The van der Waals surface area contributed by atoms with Gasteiger partial charge in [-0.1, -0.05) is 48.0 Å². The standard InChI is InChI=1S/C19H21ClN2O3/c1-13-15(20)8-5-9-16(13)22-18(23)12-17(19(24)25)21-11-10-14-6-3-2-4-7-14/h2-9,17,21H,10-12H2,1H3,(H,22,23)(H,24,25). The molecule has 132 valence electrons. The highest BCUT2D eigenvalue weighted by Crippen LogP contribution is 2.23. The van der Waals surface area contributed by atoms with Gasteiger partial charge < -0.3 is 15.7 Å². The van der Waals surface area contributed by atoms with Gasteiger partial charge in [0.15, 0.2) is 0 Å². The van der Waals surface area contributed by atoms with Crippen molar-refractivity contribution in [2.75, 3.05) is 11.9 Å². The molecule has 0 spiro atoms. The van der Waals surface area contributed by atoms with Crippen molar-refractivity contribution in [2.24, 2.45) is 0 Å². The lowest BCUT2D eigenvalue weighted by molar-refractivity contribution is -0.141. The summed E-state index contributed by atoms with van der Waals surface area (Å²) in [4.78, 5) is 23.6. The second-order valence-electron chi connectivity index (χ2n) is 5.75. The molecule has 1 amide bonds. The van der Waals surface area contributed by atoms with Crippen molar-refractivity contribution in [1.29, 1.82) is 0 Å². The number of carboxylic acids is 1. The molecule has 1 unspecified atom stereocenters. The number of carbonyl (C=O) groups excluding carboxylic acids is 1. The summed E-state index contributed by atoms with van der Waals surface area (Å²) in [6.45, 7) is 2.27. The van der Waals surface area contributed by atoms with Crippen LogP contribution in [0.25, 0.3) is 0 Å². The van der Waals surface area contributed by atoms with Gasteiger partial charge in [-0.2, -0.15) is 0 Å². The van der Waals surface area contributed by atoms with Crippen LogP contribution in [0, 0.1) is 6.92 Å². The average Bonchev–Trinajstić information content (AvgIpc) is 2.59. The molecule has 0 fully saturated rings. The molecular weight excluding hydrogens is 340 g/mol. The van der Waals surface area contributed by atoms with Crippen molar-refractivity contribution in [1.82, 2.24) is 5.32 Å². The fourth-order valence-corrected chi connectivity index (χ4v) is 2.59. The fraction of sp³-hybridized carbons (Fsp3) is 0.263. The van der Waals surface area contributed by atoms with E-state index in [-0.39, 0.29) is 12.3 Å². The molecule has 0 bridgehead atoms. The Labute approximate surface area is 152 Å². The molecule has 0 saturated heterocycles. The van der Waals surface area contributed by atoms with Gasteiger partial charge in [-0.05, 0) is 43.1 Å². The number of amides is 1. The van der Waals surface area contributed by atoms with Crippen LogP contribution < -0.4 is 10.6 Å². The third kappa shape index (κ3) is 5.89. The molecule has 3 N–H and O–H groups in total. The van der Waals surface area contributed by atoms with E-state index in [2.05, 4.69) is 10.6 Å². The Bertz CT molecular complexity index is 735. The number of anilines is 1. The molecule has 0 aliphatic rings. The molecule has 5 nitrogen and oxygen atoms in total. The molecule has 0 radical (unpaired) electrons. The Kier molecular flexibility index (Phi) is 6.98. The first-order valence-electron chi connectivity index (χ1n) is 8.02. The predicted molar refractivity (Wildman–Crippen MR) is 99.0 cm³/mol. The first-order chi connectivity index (χ1) is 12.0. The van der Waals surface area contributed by atoms with Gasteiger partial charge in [-0.25, -0.2) is 0 Å². The Morgan fingerprint density at radius 1 is 1.12 bits per heavy atom. The van der Waals surface area contributed by atoms with Gasteiger partial charge in [0, 0.05) is 10.7 Å². The number of rotatable bonds is 8. The molecule has 0 aliphatic heterocycles. The summed E-state index contributed by atoms with van der Waals surface area (Å²) < 4.78 is 0. The second-order valence-corrected chi connectivity index (χ2v) is 6.15. The van der Waals surface area contributed by atoms with Crippen LogP contribution in [-0.4, -0.2) is 29.6 Å². The smallest absolute Gasteiger partial charge is 0.321 e. The average molecular weight is 361 g/mol. The van der Waals surface area contributed by atoms with Gasteiger partial charge >= 0.3 is 5.97 Å². The van der Waals surface area contributed by atoms with Crippen molar-refractivity contribution in [2.45, 2.75) is 25.8 Å². The van der Waals surface area contributed by atoms with Crippen LogP contribution >= 0.6 is 11.6 Å². The number of hydrogen-bond donors (Lipinski definition) is 3. The highest BCUT2D eigenvalue weighted by molar-refractivity contribution is 6.31. The number of carbonyl (C=O) groups is 2. The van der Waals surface area contributed by atoms with E-state index in [0.29, 0.717) is 23.7 Å². The van der Waals surface area contributed by atoms with Gasteiger partial charge in [0.25, 0.3) is 0 Å². The Hall–Kier alpha value is -2.37. The molecule has 0 aromatic heterocycles. The quantitative estimate of drug-likeness (QED) is 0.675. The van der Waals surface area contributed by atoms with E-state index in [0.717, 1.165) is 11.1 Å². The van der Waals surface area contributed by atoms with Gasteiger partial charge in [0.05, 0.1) is 6.42 Å². The minimum atomic E-state index is -1.05. The van der Waals surface area contributed by atoms with Gasteiger partial charge in [0.2, 0.25) is 5.91 Å². The van der Waals surface area contributed by atoms with Crippen molar-refractivity contribution in [3.05, 3.63) is 64.7 Å². The number of halogens is 1. The zero-order chi connectivity index (χ0) is 18.2. The van der Waals surface area contributed by atoms with E-state index in [4.69, 9.17) is 11.6 Å². The molecule has 0 saturated carbocycles. The van der Waals surface area contributed by atoms with Crippen molar-refractivity contribution in [3.63, 3.8) is 0 Å². The number of carboxylic acid groups (broad SMARTS) is 1. The van der Waals surface area contributed by atoms with Crippen molar-refractivity contribution < 1.29 is 14.7 Å². The lowest BCUT2D eigenvalue weighted by atomic mass is 10.1. The molecular formula is C19H21ClN2O3. The molecule has 2 rings (SSSR count). The normalized spacial score (nSPS) is 11.8. The van der Waals surface area contributed by atoms with Crippen LogP contribution in [0.15, 0.2) is 48.5 Å². The zero-order valence-corrected chi connectivity index (χ0v) is 14.7. The van der Waals surface area contributed by atoms with Crippen LogP contribution in [0.5, 0.6) is 0 Å². The van der Waals surface area contributed by atoms with E-state index in [1.165, 1.54) is 0 Å². The summed E-state index contributed by atoms with van der Waals surface area (Å²) in [6, 6.07) is 14.0. The second kappa shape index (κ2) is 9.20. The van der Waals surface area contributed by atoms with E-state index in [9.17, 15) is 14.7 Å². The number of aliphatic carboxylic acids is 1. The summed E-state index contributed by atoms with van der Waals surface area (Å²) in [6.07, 6.45) is 0.537. The summed E-state index contributed by atoms with van der Waals surface area (Å²) in [5, 5.41) is 15.5. The SMILES string of the molecule is Cc1c(Cl)cccc1NC(=O)CC(NCCc1ccccc1)C(=O)O. The molecule has 2 aromatic rings. The van der Waals surface area contributed by atoms with Gasteiger partial charge in [0.1, 0.15) is 6.04 Å². The lowest BCUT2D eigenvalue weighted by Crippen LogP contribution is -2.40. The van der Waals surface area contributed by atoms with Crippen molar-refractivity contribution >= 4 is 29.2 Å². The Morgan fingerprint density at radius 2 is 1.84 bits per heavy atom. The largest absolute Gasteiger partial charge is 0.480 e. The molecule has 2 aromatic carbocycles. The number of nitrogens with one attached hydrogen (secondary N) is 2. The molecule has 25 heavy (non-hydrogen) atoms. The Morgan fingerprint density at radius 3 is 2.52 bits per heavy atom. The topological polar surface area (TPSA) is 78.4 Å². The Balaban J connectivity index is 1.88. The summed E-state index contributed by atoms with van der Waals surface area (Å²) in [5.74, 6) is -1.42. The fourth-order valence-electron chi connectivity index (χ4n) is 2.41. The third-order valence-corrected chi connectivity index (χ3v) is 4.29. The van der Waals surface area contributed by atoms with Crippen molar-refractivity contribution in [3.8, 4) is 0 Å². The first-order valence-corrected chi connectivity index (χ1v) is 8.40. The maximum atomic E-state index is 12.2. The molecule has 0 heterocycles. The van der Waals surface area contributed by atoms with Crippen LogP contribution in [0.4, 0.5) is 5.69 Å². The third-order valence-electron chi connectivity index (χ3n) is 3.88. The molecule has 1 atom stereocenters. The summed E-state index contributed by atoms with van der Waals surface area (Å²) in [5.41, 5.74) is 2.45. The van der Waals surface area contributed by atoms with Gasteiger partial charge in [-0.15, -0.1) is 0 Å². The van der Waals surface area contributed by atoms with Crippen LogP contribution in [0.3, 0.4) is 0 Å². The predicted octanol–water partition coefficient (Wildman–Crippen LogP) is 3.26. The zero-order valence-electron chi connectivity index (χ0n) is 14.0. The van der Waals surface area contributed by atoms with E-state index >= 15 is 0 Å². The molecule has 0 aliphatic carbocycles. The van der Waals surface area contributed by atoms with Gasteiger partial charge in [-0.3, -0.25) is 9.59 Å². The lowest BCUT2D eigenvalue weighted by Gasteiger charge is -2.15. The summed E-state index contributed by atoms with van der Waals surface area (Å²) in [7, 11) is 0.